The summed E-state index contributed by atoms with van der Waals surface area (Å²) in [7, 11) is 0. The van der Waals surface area contributed by atoms with Gasteiger partial charge in [0.25, 0.3) is 0 Å². The van der Waals surface area contributed by atoms with E-state index >= 15 is 0 Å². The fourth-order valence-electron chi connectivity index (χ4n) is 3.73. The molecule has 0 atom stereocenters. The molecule has 2 nitrogen and oxygen atoms in total. The minimum atomic E-state index is 0.975. The SMILES string of the molecule is CCN(CCCNCCCSCc1ccccc1)CC1CCCCC1. The highest BCUT2D eigenvalue weighted by Gasteiger charge is 2.15. The number of nitrogens with zero attached hydrogens (tertiary/aromatic N) is 1. The topological polar surface area (TPSA) is 15.3 Å². The predicted molar refractivity (Wildman–Crippen MR) is 113 cm³/mol. The highest BCUT2D eigenvalue weighted by molar-refractivity contribution is 7.98. The van der Waals surface area contributed by atoms with Gasteiger partial charge in [-0.1, -0.05) is 56.5 Å². The smallest absolute Gasteiger partial charge is 0.0184 e. The van der Waals surface area contributed by atoms with Gasteiger partial charge in [0.1, 0.15) is 0 Å². The number of hydrogen-bond acceptors (Lipinski definition) is 3. The maximum absolute atomic E-state index is 3.63. The number of thioether (sulfide) groups is 1. The van der Waals surface area contributed by atoms with Crippen molar-refractivity contribution in [2.75, 3.05) is 38.5 Å². The number of rotatable bonds is 13. The Bertz CT molecular complexity index is 417. The quantitative estimate of drug-likeness (QED) is 0.486. The van der Waals surface area contributed by atoms with E-state index in [0.29, 0.717) is 0 Å². The highest BCUT2D eigenvalue weighted by Crippen LogP contribution is 2.24. The molecule has 0 aliphatic heterocycles. The van der Waals surface area contributed by atoms with Crippen molar-refractivity contribution >= 4 is 11.8 Å². The second-order valence-electron chi connectivity index (χ2n) is 7.39. The first-order valence-corrected chi connectivity index (χ1v) is 11.6. The van der Waals surface area contributed by atoms with Crippen LogP contribution >= 0.6 is 11.8 Å². The molecule has 0 spiro atoms. The molecule has 1 fully saturated rings. The first-order valence-electron chi connectivity index (χ1n) is 10.4. The molecule has 0 bridgehead atoms. The molecule has 0 heterocycles. The molecule has 1 aromatic carbocycles. The van der Waals surface area contributed by atoms with Gasteiger partial charge in [0.15, 0.2) is 0 Å². The summed E-state index contributed by atoms with van der Waals surface area (Å²) in [4.78, 5) is 2.67. The summed E-state index contributed by atoms with van der Waals surface area (Å²) in [6.45, 7) is 8.48. The Morgan fingerprint density at radius 2 is 1.80 bits per heavy atom. The lowest BCUT2D eigenvalue weighted by molar-refractivity contribution is 0.206. The molecule has 2 rings (SSSR count). The van der Waals surface area contributed by atoms with Gasteiger partial charge in [-0.15, -0.1) is 0 Å². The van der Waals surface area contributed by atoms with Gasteiger partial charge in [-0.2, -0.15) is 11.8 Å². The molecule has 0 amide bonds. The molecule has 0 radical (unpaired) electrons. The van der Waals surface area contributed by atoms with E-state index in [0.717, 1.165) is 18.2 Å². The Labute approximate surface area is 160 Å². The van der Waals surface area contributed by atoms with Crippen LogP contribution in [0, 0.1) is 5.92 Å². The molecule has 0 aromatic heterocycles. The van der Waals surface area contributed by atoms with Gasteiger partial charge in [-0.25, -0.2) is 0 Å². The van der Waals surface area contributed by atoms with E-state index in [1.54, 1.807) is 0 Å². The maximum atomic E-state index is 3.63. The molecule has 25 heavy (non-hydrogen) atoms. The first-order chi connectivity index (χ1) is 12.4. The minimum Gasteiger partial charge on any atom is -0.317 e. The fourth-order valence-corrected chi connectivity index (χ4v) is 4.65. The summed E-state index contributed by atoms with van der Waals surface area (Å²) >= 11 is 2.05. The summed E-state index contributed by atoms with van der Waals surface area (Å²) < 4.78 is 0. The molecule has 1 aliphatic carbocycles. The van der Waals surface area contributed by atoms with Crippen molar-refractivity contribution in [2.24, 2.45) is 5.92 Å². The van der Waals surface area contributed by atoms with Crippen LogP contribution in [-0.2, 0) is 5.75 Å². The molecule has 0 saturated heterocycles. The Balaban J connectivity index is 1.40. The summed E-state index contributed by atoms with van der Waals surface area (Å²) in [6.07, 6.45) is 9.90. The standard InChI is InChI=1S/C22H38N2S/c1-2-24(19-21-11-5-3-6-12-21)17-9-15-23-16-10-18-25-20-22-13-7-4-8-14-22/h4,7-8,13-14,21,23H,2-3,5-6,9-12,15-20H2,1H3. The second-order valence-corrected chi connectivity index (χ2v) is 8.50. The Morgan fingerprint density at radius 1 is 1.04 bits per heavy atom. The van der Waals surface area contributed by atoms with E-state index in [1.165, 1.54) is 82.4 Å². The minimum absolute atomic E-state index is 0.975. The van der Waals surface area contributed by atoms with Crippen LogP contribution in [0.5, 0.6) is 0 Å². The third kappa shape index (κ3) is 9.67. The van der Waals surface area contributed by atoms with Crippen LogP contribution in [0.4, 0.5) is 0 Å². The fraction of sp³-hybridized carbons (Fsp3) is 0.727. The molecule has 1 aliphatic rings. The van der Waals surface area contributed by atoms with E-state index < -0.39 is 0 Å². The van der Waals surface area contributed by atoms with Crippen LogP contribution in [0.25, 0.3) is 0 Å². The molecule has 1 saturated carbocycles. The van der Waals surface area contributed by atoms with Gasteiger partial charge in [-0.05, 0) is 69.1 Å². The summed E-state index contributed by atoms with van der Waals surface area (Å²) in [6, 6.07) is 10.8. The van der Waals surface area contributed by atoms with E-state index in [2.05, 4.69) is 47.5 Å². The van der Waals surface area contributed by atoms with Crippen LogP contribution < -0.4 is 5.32 Å². The van der Waals surface area contributed by atoms with E-state index in [9.17, 15) is 0 Å². The third-order valence-electron chi connectivity index (χ3n) is 5.27. The molecule has 142 valence electrons. The molecule has 1 aromatic rings. The van der Waals surface area contributed by atoms with Crippen molar-refractivity contribution < 1.29 is 0 Å². The number of nitrogens with one attached hydrogen (secondary N) is 1. The Hall–Kier alpha value is -0.510. The van der Waals surface area contributed by atoms with Crippen molar-refractivity contribution in [3.63, 3.8) is 0 Å². The zero-order valence-electron chi connectivity index (χ0n) is 16.2. The Kier molecular flexibility index (Phi) is 11.4. The zero-order chi connectivity index (χ0) is 17.6. The molecular formula is C22H38N2S. The summed E-state index contributed by atoms with van der Waals surface area (Å²) in [5.74, 6) is 3.38. The predicted octanol–water partition coefficient (Wildman–Crippen LogP) is 5.19. The van der Waals surface area contributed by atoms with Crippen molar-refractivity contribution in [1.29, 1.82) is 0 Å². The van der Waals surface area contributed by atoms with Gasteiger partial charge < -0.3 is 10.2 Å². The van der Waals surface area contributed by atoms with Crippen LogP contribution in [0.1, 0.15) is 57.4 Å². The first kappa shape index (κ1) is 20.8. The van der Waals surface area contributed by atoms with E-state index in [-0.39, 0.29) is 0 Å². The van der Waals surface area contributed by atoms with Gasteiger partial charge in [0, 0.05) is 12.3 Å². The molecule has 3 heteroatoms. The van der Waals surface area contributed by atoms with Gasteiger partial charge in [0.2, 0.25) is 0 Å². The normalized spacial score (nSPS) is 15.8. The van der Waals surface area contributed by atoms with E-state index in [4.69, 9.17) is 0 Å². The Morgan fingerprint density at radius 3 is 2.56 bits per heavy atom. The number of hydrogen-bond donors (Lipinski definition) is 1. The van der Waals surface area contributed by atoms with Crippen LogP contribution in [-0.4, -0.2) is 43.4 Å². The third-order valence-corrected chi connectivity index (χ3v) is 6.38. The lowest BCUT2D eigenvalue weighted by Crippen LogP contribution is -2.33. The summed E-state index contributed by atoms with van der Waals surface area (Å²) in [5, 5.41) is 3.63. The highest BCUT2D eigenvalue weighted by atomic mass is 32.2. The molecule has 0 unspecified atom stereocenters. The van der Waals surface area contributed by atoms with Crippen LogP contribution in [0.3, 0.4) is 0 Å². The number of benzene rings is 1. The van der Waals surface area contributed by atoms with Crippen molar-refractivity contribution in [1.82, 2.24) is 10.2 Å². The summed E-state index contributed by atoms with van der Waals surface area (Å²) in [5.41, 5.74) is 1.44. The maximum Gasteiger partial charge on any atom is 0.0184 e. The monoisotopic (exact) mass is 362 g/mol. The largest absolute Gasteiger partial charge is 0.317 e. The van der Waals surface area contributed by atoms with Crippen molar-refractivity contribution in [2.45, 2.75) is 57.6 Å². The van der Waals surface area contributed by atoms with Gasteiger partial charge in [-0.3, -0.25) is 0 Å². The van der Waals surface area contributed by atoms with Crippen molar-refractivity contribution in [3.8, 4) is 0 Å². The van der Waals surface area contributed by atoms with E-state index in [1.807, 2.05) is 11.8 Å². The lowest BCUT2D eigenvalue weighted by Gasteiger charge is -2.29. The van der Waals surface area contributed by atoms with Gasteiger partial charge >= 0.3 is 0 Å². The molecule has 1 N–H and O–H groups in total. The lowest BCUT2D eigenvalue weighted by atomic mass is 9.89. The molecular weight excluding hydrogens is 324 g/mol. The average Bonchev–Trinajstić information content (AvgIpc) is 2.67. The van der Waals surface area contributed by atoms with Crippen LogP contribution in [0.2, 0.25) is 0 Å². The zero-order valence-corrected chi connectivity index (χ0v) is 17.0. The van der Waals surface area contributed by atoms with Crippen molar-refractivity contribution in [3.05, 3.63) is 35.9 Å². The van der Waals surface area contributed by atoms with Crippen LogP contribution in [0.15, 0.2) is 30.3 Å². The average molecular weight is 363 g/mol. The second kappa shape index (κ2) is 13.7. The van der Waals surface area contributed by atoms with Gasteiger partial charge in [0.05, 0.1) is 0 Å².